The predicted molar refractivity (Wildman–Crippen MR) is 224 cm³/mol. The zero-order chi connectivity index (χ0) is 36.6. The minimum Gasteiger partial charge on any atom is -0.309 e. The van der Waals surface area contributed by atoms with Crippen molar-refractivity contribution in [2.24, 2.45) is 0 Å². The molecule has 5 heteroatoms. The third-order valence-electron chi connectivity index (χ3n) is 11.1. The van der Waals surface area contributed by atoms with Gasteiger partial charge in [0.1, 0.15) is 0 Å². The van der Waals surface area contributed by atoms with Gasteiger partial charge in [0.15, 0.2) is 0 Å². The van der Waals surface area contributed by atoms with E-state index < -0.39 is 0 Å². The van der Waals surface area contributed by atoms with E-state index in [-0.39, 0.29) is 0 Å². The summed E-state index contributed by atoms with van der Waals surface area (Å²) in [5, 5.41) is 27.2. The predicted octanol–water partition coefficient (Wildman–Crippen LogP) is 12.4. The Labute approximate surface area is 316 Å². The van der Waals surface area contributed by atoms with E-state index in [2.05, 4.69) is 177 Å². The van der Waals surface area contributed by atoms with Gasteiger partial charge in [-0.2, -0.15) is 10.5 Å². The normalized spacial score (nSPS) is 11.6. The van der Waals surface area contributed by atoms with E-state index in [9.17, 15) is 10.5 Å². The SMILES string of the molecule is N#Cc1ccc(-n2c3ccccc3c3ccccc32)c(-c2ccc(-n3c4ccccc4c4cc(C#N)cc(-n5c6ccccc6c6ccccc65)c43)cc2)c1. The van der Waals surface area contributed by atoms with Gasteiger partial charge in [-0.25, -0.2) is 0 Å². The minimum atomic E-state index is 0.607. The van der Waals surface area contributed by atoms with Crippen molar-refractivity contribution in [2.45, 2.75) is 0 Å². The lowest BCUT2D eigenvalue weighted by Gasteiger charge is -2.17. The first kappa shape index (κ1) is 30.7. The zero-order valence-corrected chi connectivity index (χ0v) is 29.5. The molecule has 0 bridgehead atoms. The molecule has 0 radical (unpaired) electrons. The van der Waals surface area contributed by atoms with Crippen LogP contribution in [-0.2, 0) is 0 Å². The van der Waals surface area contributed by atoms with Crippen molar-refractivity contribution in [3.63, 3.8) is 0 Å². The Kier molecular flexibility index (Phi) is 6.61. The van der Waals surface area contributed by atoms with Crippen LogP contribution in [0.15, 0.2) is 176 Å². The van der Waals surface area contributed by atoms with Crippen LogP contribution in [0, 0.1) is 22.7 Å². The van der Waals surface area contributed by atoms with Crippen molar-refractivity contribution in [2.75, 3.05) is 0 Å². The number of aromatic nitrogens is 3. The number of nitriles is 2. The number of fused-ring (bicyclic) bond motifs is 9. The molecule has 0 N–H and O–H groups in total. The number of benzene rings is 8. The zero-order valence-electron chi connectivity index (χ0n) is 29.5. The first-order valence-electron chi connectivity index (χ1n) is 18.3. The molecule has 0 saturated carbocycles. The number of hydrogen-bond acceptors (Lipinski definition) is 2. The van der Waals surface area contributed by atoms with Gasteiger partial charge in [0.25, 0.3) is 0 Å². The fourth-order valence-electron chi connectivity index (χ4n) is 8.77. The Morgan fingerprint density at radius 3 is 1.27 bits per heavy atom. The maximum atomic E-state index is 10.3. The molecule has 0 spiro atoms. The monoisotopic (exact) mass is 699 g/mol. The van der Waals surface area contributed by atoms with Crippen LogP contribution in [0.1, 0.15) is 11.1 Å². The molecule has 0 aliphatic heterocycles. The Hall–Kier alpha value is -7.86. The van der Waals surface area contributed by atoms with E-state index in [0.717, 1.165) is 72.1 Å². The quantitative estimate of drug-likeness (QED) is 0.184. The molecular formula is C50H29N5. The summed E-state index contributed by atoms with van der Waals surface area (Å²) in [4.78, 5) is 0. The molecule has 55 heavy (non-hydrogen) atoms. The highest BCUT2D eigenvalue weighted by molar-refractivity contribution is 6.15. The van der Waals surface area contributed by atoms with Gasteiger partial charge >= 0.3 is 0 Å². The standard InChI is InChI=1S/C50H29N5/c51-30-32-21-26-48(54-44-17-7-1-11-36(44)37-12-2-8-18-45(37)54)41(27-32)34-22-24-35(25-23-34)53-43-16-6-5-15-40(43)42-28-33(31-52)29-49(50(42)53)55-46-19-9-3-13-38(46)39-14-4-10-20-47(39)55/h1-29H. The summed E-state index contributed by atoms with van der Waals surface area (Å²) in [6.45, 7) is 0. The maximum Gasteiger partial charge on any atom is 0.0992 e. The summed E-state index contributed by atoms with van der Waals surface area (Å²) >= 11 is 0. The number of nitrogens with zero attached hydrogens (tertiary/aromatic N) is 5. The molecule has 0 unspecified atom stereocenters. The summed E-state index contributed by atoms with van der Waals surface area (Å²) in [6.07, 6.45) is 0. The lowest BCUT2D eigenvalue weighted by molar-refractivity contribution is 1.13. The van der Waals surface area contributed by atoms with Crippen molar-refractivity contribution in [1.82, 2.24) is 13.7 Å². The molecule has 3 aromatic heterocycles. The lowest BCUT2D eigenvalue weighted by Crippen LogP contribution is -2.02. The van der Waals surface area contributed by atoms with Crippen LogP contribution in [0.5, 0.6) is 0 Å². The minimum absolute atomic E-state index is 0.607. The molecular weight excluding hydrogens is 671 g/mol. The van der Waals surface area contributed by atoms with Crippen LogP contribution in [0.25, 0.3) is 93.6 Å². The van der Waals surface area contributed by atoms with E-state index in [0.29, 0.717) is 11.1 Å². The van der Waals surface area contributed by atoms with Gasteiger partial charge < -0.3 is 13.7 Å². The van der Waals surface area contributed by atoms with Crippen molar-refractivity contribution >= 4 is 65.4 Å². The van der Waals surface area contributed by atoms with Crippen molar-refractivity contribution in [3.05, 3.63) is 187 Å². The van der Waals surface area contributed by atoms with E-state index in [1.807, 2.05) is 24.3 Å². The van der Waals surface area contributed by atoms with E-state index >= 15 is 0 Å². The fraction of sp³-hybridized carbons (Fsp3) is 0. The smallest absolute Gasteiger partial charge is 0.0992 e. The molecule has 254 valence electrons. The van der Waals surface area contributed by atoms with Gasteiger partial charge in [0, 0.05) is 43.6 Å². The Bertz CT molecular complexity index is 3350. The topological polar surface area (TPSA) is 62.4 Å². The van der Waals surface area contributed by atoms with Gasteiger partial charge in [-0.1, -0.05) is 103 Å². The molecule has 0 atom stereocenters. The van der Waals surface area contributed by atoms with Crippen LogP contribution in [0.4, 0.5) is 0 Å². The molecule has 5 nitrogen and oxygen atoms in total. The average Bonchev–Trinajstić information content (AvgIpc) is 3.89. The summed E-state index contributed by atoms with van der Waals surface area (Å²) in [5.41, 5.74) is 12.6. The van der Waals surface area contributed by atoms with Gasteiger partial charge in [0.2, 0.25) is 0 Å². The largest absolute Gasteiger partial charge is 0.309 e. The summed E-state index contributed by atoms with van der Waals surface area (Å²) in [7, 11) is 0. The first-order valence-corrected chi connectivity index (χ1v) is 18.3. The fourth-order valence-corrected chi connectivity index (χ4v) is 8.77. The molecule has 11 rings (SSSR count). The Morgan fingerprint density at radius 1 is 0.345 bits per heavy atom. The highest BCUT2D eigenvalue weighted by Gasteiger charge is 2.22. The second-order valence-electron chi connectivity index (χ2n) is 14.0. The van der Waals surface area contributed by atoms with Crippen molar-refractivity contribution in [1.29, 1.82) is 10.5 Å². The second kappa shape index (κ2) is 11.8. The summed E-state index contributed by atoms with van der Waals surface area (Å²) in [6, 6.07) is 65.9. The van der Waals surface area contributed by atoms with Gasteiger partial charge in [-0.15, -0.1) is 0 Å². The maximum absolute atomic E-state index is 10.3. The van der Waals surface area contributed by atoms with E-state index in [1.165, 1.54) is 21.5 Å². The molecule has 8 aromatic carbocycles. The van der Waals surface area contributed by atoms with Crippen LogP contribution in [-0.4, -0.2) is 13.7 Å². The highest BCUT2D eigenvalue weighted by atomic mass is 15.1. The van der Waals surface area contributed by atoms with Crippen LogP contribution in [0.3, 0.4) is 0 Å². The van der Waals surface area contributed by atoms with Crippen LogP contribution in [0.2, 0.25) is 0 Å². The molecule has 0 fully saturated rings. The van der Waals surface area contributed by atoms with Gasteiger partial charge in [-0.05, 0) is 78.4 Å². The van der Waals surface area contributed by atoms with Crippen LogP contribution < -0.4 is 0 Å². The molecule has 3 heterocycles. The Balaban J connectivity index is 1.17. The molecule has 0 aliphatic carbocycles. The first-order chi connectivity index (χ1) is 27.2. The third-order valence-corrected chi connectivity index (χ3v) is 11.1. The molecule has 0 aliphatic rings. The van der Waals surface area contributed by atoms with E-state index in [4.69, 9.17) is 0 Å². The van der Waals surface area contributed by atoms with Gasteiger partial charge in [-0.3, -0.25) is 0 Å². The lowest BCUT2D eigenvalue weighted by atomic mass is 10.00. The van der Waals surface area contributed by atoms with Crippen LogP contribution >= 0.6 is 0 Å². The average molecular weight is 700 g/mol. The van der Waals surface area contributed by atoms with Crippen molar-refractivity contribution in [3.8, 4) is 40.3 Å². The highest BCUT2D eigenvalue weighted by Crippen LogP contribution is 2.41. The van der Waals surface area contributed by atoms with Crippen molar-refractivity contribution < 1.29 is 0 Å². The van der Waals surface area contributed by atoms with Gasteiger partial charge in [0.05, 0.1) is 67.7 Å². The Morgan fingerprint density at radius 2 is 0.782 bits per heavy atom. The molecule has 11 aromatic rings. The number of para-hydroxylation sites is 5. The summed E-state index contributed by atoms with van der Waals surface area (Å²) in [5.74, 6) is 0. The van der Waals surface area contributed by atoms with E-state index in [1.54, 1.807) is 0 Å². The molecule has 0 saturated heterocycles. The number of hydrogen-bond donors (Lipinski definition) is 0. The second-order valence-corrected chi connectivity index (χ2v) is 14.0. The molecule has 0 amide bonds. The third kappa shape index (κ3) is 4.45. The number of rotatable bonds is 4. The summed E-state index contributed by atoms with van der Waals surface area (Å²) < 4.78 is 6.95.